The lowest BCUT2D eigenvalue weighted by Gasteiger charge is -2.16. The first-order valence-corrected chi connectivity index (χ1v) is 8.89. The van der Waals surface area contributed by atoms with Crippen molar-refractivity contribution in [1.29, 1.82) is 0 Å². The number of rotatable bonds is 4. The minimum Gasteiger partial charge on any atom is -0.463 e. The maximum atomic E-state index is 12.5. The third-order valence-corrected chi connectivity index (χ3v) is 4.65. The Bertz CT molecular complexity index is 1030. The number of carbonyl (C=O) groups is 1. The van der Waals surface area contributed by atoms with Crippen LogP contribution in [-0.4, -0.2) is 17.1 Å². The molecule has 0 saturated carbocycles. The highest BCUT2D eigenvalue weighted by molar-refractivity contribution is 14.1. The second-order valence-corrected chi connectivity index (χ2v) is 6.87. The van der Waals surface area contributed by atoms with Gasteiger partial charge in [0.25, 0.3) is 5.56 Å². The number of nitrogens with zero attached hydrogens (tertiary/aromatic N) is 1. The molecule has 0 fully saturated rings. The lowest BCUT2D eigenvalue weighted by atomic mass is 10.2. The zero-order valence-corrected chi connectivity index (χ0v) is 16.3. The molecule has 2 aromatic heterocycles. The number of fused-ring (bicyclic) bond motifs is 1. The summed E-state index contributed by atoms with van der Waals surface area (Å²) >= 11 is 8.41. The smallest absolute Gasteiger partial charge is 0.345 e. The molecular weight excluding hydrogens is 459 g/mol. The molecule has 8 heteroatoms. The van der Waals surface area contributed by atoms with Crippen molar-refractivity contribution in [2.75, 3.05) is 11.9 Å². The fourth-order valence-electron chi connectivity index (χ4n) is 2.49. The molecule has 0 spiro atoms. The third-order valence-electron chi connectivity index (χ3n) is 3.66. The summed E-state index contributed by atoms with van der Waals surface area (Å²) in [6, 6.07) is 6.94. The zero-order valence-electron chi connectivity index (χ0n) is 13.4. The predicted molar refractivity (Wildman–Crippen MR) is 105 cm³/mol. The van der Waals surface area contributed by atoms with Crippen LogP contribution in [0, 0.1) is 3.57 Å². The van der Waals surface area contributed by atoms with E-state index in [-0.39, 0.29) is 29.1 Å². The van der Waals surface area contributed by atoms with Gasteiger partial charge in [0.2, 0.25) is 0 Å². The van der Waals surface area contributed by atoms with Gasteiger partial charge >= 0.3 is 5.97 Å². The van der Waals surface area contributed by atoms with E-state index in [0.29, 0.717) is 16.1 Å². The van der Waals surface area contributed by atoms with Crippen molar-refractivity contribution >= 4 is 62.6 Å². The fourth-order valence-corrected chi connectivity index (χ4v) is 3.39. The second-order valence-electron chi connectivity index (χ2n) is 5.22. The Morgan fingerprint density at radius 3 is 2.84 bits per heavy atom. The van der Waals surface area contributed by atoms with Gasteiger partial charge in [-0.15, -0.1) is 0 Å². The van der Waals surface area contributed by atoms with Crippen LogP contribution in [0.1, 0.15) is 17.3 Å². The van der Waals surface area contributed by atoms with Crippen molar-refractivity contribution in [3.63, 3.8) is 0 Å². The minimum atomic E-state index is -0.581. The molecule has 0 unspecified atom stereocenters. The normalized spacial score (nSPS) is 10.9. The highest BCUT2D eigenvalue weighted by Crippen LogP contribution is 2.31. The van der Waals surface area contributed by atoms with Crippen LogP contribution in [0.3, 0.4) is 0 Å². The van der Waals surface area contributed by atoms with Gasteiger partial charge in [0.1, 0.15) is 11.4 Å². The predicted octanol–water partition coefficient (Wildman–Crippen LogP) is 4.31. The lowest BCUT2D eigenvalue weighted by molar-refractivity contribution is 0.0528. The Labute approximate surface area is 161 Å². The number of carbonyl (C=O) groups excluding carboxylic acids is 1. The van der Waals surface area contributed by atoms with E-state index in [4.69, 9.17) is 20.8 Å². The summed E-state index contributed by atoms with van der Waals surface area (Å²) in [5, 5.41) is 3.84. The second kappa shape index (κ2) is 7.09. The van der Waals surface area contributed by atoms with Crippen LogP contribution in [0.25, 0.3) is 11.0 Å². The summed E-state index contributed by atoms with van der Waals surface area (Å²) in [5.74, 6) is -0.323. The van der Waals surface area contributed by atoms with Gasteiger partial charge in [0.05, 0.1) is 29.0 Å². The molecule has 130 valence electrons. The van der Waals surface area contributed by atoms with E-state index in [1.807, 2.05) is 6.07 Å². The number of hydrogen-bond acceptors (Lipinski definition) is 5. The van der Waals surface area contributed by atoms with E-state index in [1.54, 1.807) is 26.1 Å². The first-order valence-electron chi connectivity index (χ1n) is 7.43. The molecule has 25 heavy (non-hydrogen) atoms. The number of furan rings is 1. The summed E-state index contributed by atoms with van der Waals surface area (Å²) < 4.78 is 12.8. The molecule has 0 radical (unpaired) electrons. The maximum Gasteiger partial charge on any atom is 0.345 e. The standard InChI is InChI=1S/C17H14ClIN2O4/c1-3-24-17(23)13-14-10(6-7-25-14)16(22)21(2)15(13)20-12-5-4-9(19)8-11(12)18/h4-8,20H,3H2,1-2H3. The number of pyridine rings is 1. The van der Waals surface area contributed by atoms with E-state index in [2.05, 4.69) is 27.9 Å². The quantitative estimate of drug-likeness (QED) is 0.452. The summed E-state index contributed by atoms with van der Waals surface area (Å²) in [5.41, 5.74) is 0.610. The van der Waals surface area contributed by atoms with E-state index in [1.165, 1.54) is 16.9 Å². The number of anilines is 2. The van der Waals surface area contributed by atoms with Gasteiger partial charge in [-0.25, -0.2) is 4.79 Å². The summed E-state index contributed by atoms with van der Waals surface area (Å²) in [7, 11) is 1.57. The molecule has 0 amide bonds. The van der Waals surface area contributed by atoms with Crippen LogP contribution in [0.4, 0.5) is 11.5 Å². The maximum absolute atomic E-state index is 12.5. The van der Waals surface area contributed by atoms with Gasteiger partial charge in [-0.3, -0.25) is 9.36 Å². The van der Waals surface area contributed by atoms with Crippen LogP contribution in [-0.2, 0) is 11.8 Å². The molecule has 2 heterocycles. The van der Waals surface area contributed by atoms with Gasteiger partial charge in [0, 0.05) is 10.6 Å². The fraction of sp³-hybridized carbons (Fsp3) is 0.176. The van der Waals surface area contributed by atoms with Crippen LogP contribution in [0.15, 0.2) is 39.7 Å². The number of benzene rings is 1. The van der Waals surface area contributed by atoms with Gasteiger partial charge in [-0.1, -0.05) is 11.6 Å². The molecule has 3 rings (SSSR count). The summed E-state index contributed by atoms with van der Waals surface area (Å²) in [6.07, 6.45) is 1.37. The Hall–Kier alpha value is -2.00. The van der Waals surface area contributed by atoms with E-state index in [0.717, 1.165) is 3.57 Å². The molecule has 0 saturated heterocycles. The van der Waals surface area contributed by atoms with Crippen molar-refractivity contribution in [2.45, 2.75) is 6.92 Å². The van der Waals surface area contributed by atoms with Crippen molar-refractivity contribution in [1.82, 2.24) is 4.57 Å². The Morgan fingerprint density at radius 1 is 1.40 bits per heavy atom. The molecule has 0 aliphatic rings. The Balaban J connectivity index is 2.25. The lowest BCUT2D eigenvalue weighted by Crippen LogP contribution is -2.23. The van der Waals surface area contributed by atoms with E-state index < -0.39 is 5.97 Å². The first kappa shape index (κ1) is 17.8. The zero-order chi connectivity index (χ0) is 18.1. The largest absolute Gasteiger partial charge is 0.463 e. The highest BCUT2D eigenvalue weighted by atomic mass is 127. The van der Waals surface area contributed by atoms with E-state index >= 15 is 0 Å². The number of esters is 1. The molecule has 1 N–H and O–H groups in total. The monoisotopic (exact) mass is 472 g/mol. The molecule has 0 atom stereocenters. The number of hydrogen-bond donors (Lipinski definition) is 1. The number of nitrogens with one attached hydrogen (secondary N) is 1. The Morgan fingerprint density at radius 2 is 2.16 bits per heavy atom. The van der Waals surface area contributed by atoms with Gasteiger partial charge in [0.15, 0.2) is 5.58 Å². The first-order chi connectivity index (χ1) is 11.9. The number of ether oxygens (including phenoxy) is 1. The molecular formula is C17H14ClIN2O4. The third kappa shape index (κ3) is 3.25. The minimum absolute atomic E-state index is 0.151. The molecule has 3 aromatic rings. The highest BCUT2D eigenvalue weighted by Gasteiger charge is 2.24. The molecule has 1 aromatic carbocycles. The number of halogens is 2. The average molecular weight is 473 g/mol. The van der Waals surface area contributed by atoms with Gasteiger partial charge in [-0.2, -0.15) is 0 Å². The molecule has 6 nitrogen and oxygen atoms in total. The van der Waals surface area contributed by atoms with Crippen LogP contribution < -0.4 is 10.9 Å². The summed E-state index contributed by atoms with van der Waals surface area (Å²) in [4.78, 5) is 25.0. The molecule has 0 aliphatic heterocycles. The Kier molecular flexibility index (Phi) is 5.05. The SMILES string of the molecule is CCOC(=O)c1c(Nc2ccc(I)cc2Cl)n(C)c(=O)c2ccoc12. The van der Waals surface area contributed by atoms with Crippen LogP contribution >= 0.6 is 34.2 Å². The van der Waals surface area contributed by atoms with E-state index in [9.17, 15) is 9.59 Å². The van der Waals surface area contributed by atoms with Crippen LogP contribution in [0.2, 0.25) is 5.02 Å². The van der Waals surface area contributed by atoms with Crippen LogP contribution in [0.5, 0.6) is 0 Å². The van der Waals surface area contributed by atoms with Crippen molar-refractivity contribution in [2.24, 2.45) is 7.05 Å². The summed E-state index contributed by atoms with van der Waals surface area (Å²) in [6.45, 7) is 1.91. The molecule has 0 aliphatic carbocycles. The van der Waals surface area contributed by atoms with Crippen molar-refractivity contribution in [3.8, 4) is 0 Å². The van der Waals surface area contributed by atoms with Gasteiger partial charge < -0.3 is 14.5 Å². The number of aromatic nitrogens is 1. The van der Waals surface area contributed by atoms with Crippen molar-refractivity contribution < 1.29 is 13.9 Å². The van der Waals surface area contributed by atoms with Gasteiger partial charge in [-0.05, 0) is 53.8 Å². The average Bonchev–Trinajstić information content (AvgIpc) is 3.04. The topological polar surface area (TPSA) is 73.5 Å². The molecule has 0 bridgehead atoms. The van der Waals surface area contributed by atoms with Crippen molar-refractivity contribution in [3.05, 3.63) is 55.0 Å².